The van der Waals surface area contributed by atoms with E-state index in [9.17, 15) is 0 Å². The normalized spacial score (nSPS) is 10.8. The Labute approximate surface area is 286 Å². The predicted octanol–water partition coefficient (Wildman–Crippen LogP) is 10.9. The van der Waals surface area contributed by atoms with Gasteiger partial charge in [-0.05, 0) is 58.7 Å². The number of benzene rings is 6. The third kappa shape index (κ3) is 8.79. The first kappa shape index (κ1) is 31.4. The standard InChI is InChI=1S/C44H36O5/c1-5-13-33(14-6-1)29-45-39-23-37(24-40(27-39)46-30-34-15-7-2-8-16-34)43-21-22-44(49-43)38-25-41(47-31-35-17-9-3-10-18-35)28-42(26-38)48-32-36-19-11-4-12-20-36/h1-28H,29-32H2. The van der Waals surface area contributed by atoms with Gasteiger partial charge in [-0.25, -0.2) is 0 Å². The van der Waals surface area contributed by atoms with Crippen LogP contribution < -0.4 is 18.9 Å². The smallest absolute Gasteiger partial charge is 0.135 e. The van der Waals surface area contributed by atoms with Gasteiger partial charge in [0.2, 0.25) is 0 Å². The molecule has 0 amide bonds. The Morgan fingerprint density at radius 3 is 0.837 bits per heavy atom. The maximum Gasteiger partial charge on any atom is 0.135 e. The third-order valence-corrected chi connectivity index (χ3v) is 7.93. The van der Waals surface area contributed by atoms with Gasteiger partial charge in [0, 0.05) is 23.3 Å². The molecule has 0 aliphatic carbocycles. The predicted molar refractivity (Wildman–Crippen MR) is 193 cm³/mol. The Bertz CT molecular complexity index is 1780. The van der Waals surface area contributed by atoms with Crippen LogP contribution in [0.25, 0.3) is 22.6 Å². The van der Waals surface area contributed by atoms with Crippen molar-refractivity contribution in [3.63, 3.8) is 0 Å². The zero-order valence-corrected chi connectivity index (χ0v) is 27.0. The van der Waals surface area contributed by atoms with Crippen molar-refractivity contribution in [1.29, 1.82) is 0 Å². The summed E-state index contributed by atoms with van der Waals surface area (Å²) in [5.74, 6) is 4.13. The quantitative estimate of drug-likeness (QED) is 0.118. The topological polar surface area (TPSA) is 50.1 Å². The fourth-order valence-corrected chi connectivity index (χ4v) is 5.37. The Hall–Kier alpha value is -6.20. The summed E-state index contributed by atoms with van der Waals surface area (Å²) in [6, 6.07) is 56.1. The van der Waals surface area contributed by atoms with Gasteiger partial charge in [0.1, 0.15) is 60.9 Å². The lowest BCUT2D eigenvalue weighted by Crippen LogP contribution is -1.98. The maximum atomic E-state index is 6.50. The van der Waals surface area contributed by atoms with Crippen LogP contribution in [-0.4, -0.2) is 0 Å². The third-order valence-electron chi connectivity index (χ3n) is 7.93. The van der Waals surface area contributed by atoms with E-state index in [1.807, 2.05) is 170 Å². The number of furan rings is 1. The van der Waals surface area contributed by atoms with Gasteiger partial charge in [-0.3, -0.25) is 0 Å². The lowest BCUT2D eigenvalue weighted by atomic mass is 10.1. The molecular weight excluding hydrogens is 608 g/mol. The van der Waals surface area contributed by atoms with Crippen LogP contribution in [-0.2, 0) is 26.4 Å². The molecular formula is C44H36O5. The maximum absolute atomic E-state index is 6.50. The minimum atomic E-state index is 0.438. The van der Waals surface area contributed by atoms with Crippen LogP contribution in [0, 0.1) is 0 Å². The monoisotopic (exact) mass is 644 g/mol. The molecule has 0 atom stereocenters. The van der Waals surface area contributed by atoms with Crippen LogP contribution in [0.1, 0.15) is 22.3 Å². The molecule has 0 unspecified atom stereocenters. The van der Waals surface area contributed by atoms with Crippen LogP contribution in [0.2, 0.25) is 0 Å². The zero-order valence-electron chi connectivity index (χ0n) is 27.0. The molecule has 0 aliphatic rings. The minimum Gasteiger partial charge on any atom is -0.489 e. The summed E-state index contributed by atoms with van der Waals surface area (Å²) in [6.07, 6.45) is 0. The molecule has 49 heavy (non-hydrogen) atoms. The Balaban J connectivity index is 1.16. The van der Waals surface area contributed by atoms with E-state index in [0.717, 1.165) is 33.4 Å². The molecule has 5 heteroatoms. The number of hydrogen-bond donors (Lipinski definition) is 0. The molecule has 0 N–H and O–H groups in total. The summed E-state index contributed by atoms with van der Waals surface area (Å²) >= 11 is 0. The molecule has 5 nitrogen and oxygen atoms in total. The SMILES string of the molecule is c1ccc(COc2cc(OCc3ccccc3)cc(-c3ccc(-c4cc(OCc5ccccc5)cc(OCc5ccccc5)c4)o3)c2)cc1. The van der Waals surface area contributed by atoms with Gasteiger partial charge >= 0.3 is 0 Å². The molecule has 7 aromatic rings. The van der Waals surface area contributed by atoms with E-state index < -0.39 is 0 Å². The molecule has 0 radical (unpaired) electrons. The van der Waals surface area contributed by atoms with Gasteiger partial charge < -0.3 is 23.4 Å². The summed E-state index contributed by atoms with van der Waals surface area (Å²) in [4.78, 5) is 0. The van der Waals surface area contributed by atoms with Crippen LogP contribution in [0.15, 0.2) is 174 Å². The summed E-state index contributed by atoms with van der Waals surface area (Å²) in [6.45, 7) is 1.75. The Morgan fingerprint density at radius 1 is 0.306 bits per heavy atom. The molecule has 0 saturated carbocycles. The van der Waals surface area contributed by atoms with E-state index in [-0.39, 0.29) is 0 Å². The highest BCUT2D eigenvalue weighted by Crippen LogP contribution is 2.37. The highest BCUT2D eigenvalue weighted by Gasteiger charge is 2.14. The second-order valence-electron chi connectivity index (χ2n) is 11.6. The highest BCUT2D eigenvalue weighted by molar-refractivity contribution is 5.69. The van der Waals surface area contributed by atoms with Crippen molar-refractivity contribution in [2.75, 3.05) is 0 Å². The van der Waals surface area contributed by atoms with Crippen molar-refractivity contribution in [1.82, 2.24) is 0 Å². The Kier molecular flexibility index (Phi) is 9.99. The second kappa shape index (κ2) is 15.6. The molecule has 6 aromatic carbocycles. The molecule has 0 aliphatic heterocycles. The summed E-state index contributed by atoms with van der Waals surface area (Å²) < 4.78 is 31.5. The summed E-state index contributed by atoms with van der Waals surface area (Å²) in [5.41, 5.74) is 6.02. The summed E-state index contributed by atoms with van der Waals surface area (Å²) in [7, 11) is 0. The van der Waals surface area contributed by atoms with E-state index in [1.54, 1.807) is 0 Å². The van der Waals surface area contributed by atoms with Crippen molar-refractivity contribution in [3.05, 3.63) is 192 Å². The first-order chi connectivity index (χ1) is 24.2. The van der Waals surface area contributed by atoms with E-state index in [0.29, 0.717) is 60.9 Å². The first-order valence-electron chi connectivity index (χ1n) is 16.3. The summed E-state index contributed by atoms with van der Waals surface area (Å²) in [5, 5.41) is 0. The molecule has 7 rings (SSSR count). The minimum absolute atomic E-state index is 0.438. The number of ether oxygens (including phenoxy) is 4. The van der Waals surface area contributed by atoms with Crippen LogP contribution >= 0.6 is 0 Å². The average Bonchev–Trinajstić information content (AvgIpc) is 3.67. The molecule has 0 bridgehead atoms. The number of hydrogen-bond acceptors (Lipinski definition) is 5. The molecule has 1 heterocycles. The van der Waals surface area contributed by atoms with Crippen LogP contribution in [0.4, 0.5) is 0 Å². The highest BCUT2D eigenvalue weighted by atomic mass is 16.5. The van der Waals surface area contributed by atoms with Crippen molar-refractivity contribution in [2.24, 2.45) is 0 Å². The van der Waals surface area contributed by atoms with E-state index in [2.05, 4.69) is 0 Å². The van der Waals surface area contributed by atoms with E-state index in [4.69, 9.17) is 23.4 Å². The van der Waals surface area contributed by atoms with Crippen molar-refractivity contribution < 1.29 is 23.4 Å². The van der Waals surface area contributed by atoms with Gasteiger partial charge in [0.25, 0.3) is 0 Å². The molecule has 242 valence electrons. The number of rotatable bonds is 14. The van der Waals surface area contributed by atoms with Crippen LogP contribution in [0.3, 0.4) is 0 Å². The van der Waals surface area contributed by atoms with Crippen molar-refractivity contribution >= 4 is 0 Å². The lowest BCUT2D eigenvalue weighted by molar-refractivity contribution is 0.290. The van der Waals surface area contributed by atoms with Gasteiger partial charge in [-0.1, -0.05) is 121 Å². The van der Waals surface area contributed by atoms with Gasteiger partial charge in [0.15, 0.2) is 0 Å². The molecule has 0 fully saturated rings. The Morgan fingerprint density at radius 2 is 0.571 bits per heavy atom. The molecule has 0 saturated heterocycles. The lowest BCUT2D eigenvalue weighted by Gasteiger charge is -2.13. The largest absolute Gasteiger partial charge is 0.489 e. The van der Waals surface area contributed by atoms with Gasteiger partial charge in [0.05, 0.1) is 0 Å². The molecule has 0 spiro atoms. The van der Waals surface area contributed by atoms with Gasteiger partial charge in [-0.15, -0.1) is 0 Å². The van der Waals surface area contributed by atoms with Crippen molar-refractivity contribution in [2.45, 2.75) is 26.4 Å². The van der Waals surface area contributed by atoms with Gasteiger partial charge in [-0.2, -0.15) is 0 Å². The molecule has 1 aromatic heterocycles. The van der Waals surface area contributed by atoms with Crippen molar-refractivity contribution in [3.8, 4) is 45.6 Å². The second-order valence-corrected chi connectivity index (χ2v) is 11.6. The van der Waals surface area contributed by atoms with E-state index in [1.165, 1.54) is 0 Å². The fraction of sp³-hybridized carbons (Fsp3) is 0.0909. The first-order valence-corrected chi connectivity index (χ1v) is 16.3. The average molecular weight is 645 g/mol. The van der Waals surface area contributed by atoms with E-state index >= 15 is 0 Å². The fourth-order valence-electron chi connectivity index (χ4n) is 5.37. The zero-order chi connectivity index (χ0) is 33.1. The van der Waals surface area contributed by atoms with Crippen LogP contribution in [0.5, 0.6) is 23.0 Å².